The van der Waals surface area contributed by atoms with Gasteiger partial charge in [0.15, 0.2) is 0 Å². The van der Waals surface area contributed by atoms with E-state index in [1.807, 2.05) is 118 Å². The molecule has 0 aliphatic carbocycles. The Balaban J connectivity index is 1.38. The molecule has 8 aromatic rings. The smallest absolute Gasteiger partial charge is 0.149 e. The minimum atomic E-state index is -3.82. The molecule has 0 aliphatic rings. The van der Waals surface area contributed by atoms with E-state index in [9.17, 15) is 5.11 Å². The molecule has 2 aromatic heterocycles. The fourth-order valence-corrected chi connectivity index (χ4v) is 7.22. The highest BCUT2D eigenvalue weighted by Gasteiger charge is 2.24. The van der Waals surface area contributed by atoms with Crippen molar-refractivity contribution in [3.63, 3.8) is 0 Å². The molecule has 8 rings (SSSR count). The van der Waals surface area contributed by atoms with Gasteiger partial charge in [0.1, 0.15) is 11.6 Å². The van der Waals surface area contributed by atoms with E-state index >= 15 is 0 Å². The molecule has 0 amide bonds. The van der Waals surface area contributed by atoms with Crippen LogP contribution in [0, 0.1) is 20.7 Å². The van der Waals surface area contributed by atoms with Crippen LogP contribution in [0.5, 0.6) is 5.75 Å². The van der Waals surface area contributed by atoms with Crippen LogP contribution in [-0.2, 0) is 10.8 Å². The summed E-state index contributed by atoms with van der Waals surface area (Å²) in [6.45, 7) is -4.03. The molecule has 1 N–H and O–H groups in total. The first-order chi connectivity index (χ1) is 33.8. The van der Waals surface area contributed by atoms with E-state index in [1.165, 1.54) is 18.3 Å². The Morgan fingerprint density at radius 2 is 1.37 bits per heavy atom. The predicted octanol–water partition coefficient (Wildman–Crippen LogP) is 14.0. The van der Waals surface area contributed by atoms with Crippen molar-refractivity contribution in [2.75, 3.05) is 0 Å². The third-order valence-corrected chi connectivity index (χ3v) is 10.1. The fraction of sp³-hybridized carbons (Fsp3) is 0.208. The molecule has 284 valence electrons. The Bertz CT molecular complexity index is 3410. The van der Waals surface area contributed by atoms with Crippen molar-refractivity contribution in [3.8, 4) is 67.5 Å². The first-order valence-electron chi connectivity index (χ1n) is 26.6. The molecule has 0 unspecified atom stereocenters. The number of phenolic OH excluding ortho intramolecular Hbond substituents is 1. The van der Waals surface area contributed by atoms with Crippen LogP contribution in [0.1, 0.15) is 91.1 Å². The average Bonchev–Trinajstić information content (AvgIpc) is 3.68. The Labute approximate surface area is 360 Å². The van der Waals surface area contributed by atoms with Gasteiger partial charge in [-0.2, -0.15) is 0 Å². The molecule has 57 heavy (non-hydrogen) atoms. The monoisotopic (exact) mass is 762 g/mol. The number of rotatable bonds is 6. The minimum absolute atomic E-state index is 0.0228. The molecule has 0 spiro atoms. The van der Waals surface area contributed by atoms with Crippen LogP contribution < -0.4 is 0 Å². The van der Waals surface area contributed by atoms with Gasteiger partial charge >= 0.3 is 0 Å². The zero-order valence-corrected chi connectivity index (χ0v) is 32.3. The standard InChI is InChI=1S/C53H51N3O/c1-33-18-23-47(44(27-33)37-14-11-10-12-15-37)56-48-17-13-16-43(49(48)55-51(56)45-28-34(2)26-35(3)50(45)57)39-29-40(31-42(30-39)53(7,8)9)46-32-38(24-25-54-46)36-19-21-41(22-20-36)52(4,5)6/h10-32,57H,1-9H3/i1D3,4D3,5D3,6D3,19D,20D,21D,22D. The number of aromatic nitrogens is 3. The van der Waals surface area contributed by atoms with E-state index in [4.69, 9.17) is 26.9 Å². The number of aromatic hydroxyl groups is 1. The minimum Gasteiger partial charge on any atom is -0.507 e. The molecule has 0 fully saturated rings. The Hall–Kier alpha value is -6.26. The van der Waals surface area contributed by atoms with Crippen LogP contribution in [-0.4, -0.2) is 19.6 Å². The number of pyridine rings is 1. The number of para-hydroxylation sites is 1. The van der Waals surface area contributed by atoms with Crippen molar-refractivity contribution in [2.45, 2.75) is 72.9 Å². The summed E-state index contributed by atoms with van der Waals surface area (Å²) in [4.78, 5) is 10.0. The lowest BCUT2D eigenvalue weighted by molar-refractivity contribution is 0.472. The highest BCUT2D eigenvalue weighted by Crippen LogP contribution is 2.43. The van der Waals surface area contributed by atoms with Gasteiger partial charge in [-0.05, 0) is 125 Å². The first kappa shape index (κ1) is 23.1. The van der Waals surface area contributed by atoms with Crippen LogP contribution >= 0.6 is 0 Å². The predicted molar refractivity (Wildman–Crippen MR) is 239 cm³/mol. The van der Waals surface area contributed by atoms with E-state index in [-0.39, 0.29) is 22.4 Å². The topological polar surface area (TPSA) is 50.9 Å². The first-order valence-corrected chi connectivity index (χ1v) is 18.6. The number of fused-ring (bicyclic) bond motifs is 1. The number of aryl methyl sites for hydroxylation is 3. The van der Waals surface area contributed by atoms with Crippen molar-refractivity contribution in [1.29, 1.82) is 0 Å². The SMILES string of the molecule is [2H]c1c([2H])c(C(C([2H])([2H])[2H])(C([2H])([2H])[2H])C([2H])([2H])[2H])c([2H])c([2H])c1-c1ccnc(-c2cc(-c3cccc4c3nc(-c3cc(C)cc(C)c3O)n4-c3ccc(C([2H])([2H])[2H])cc3-c3ccccc3)cc(C(C)(C)C)c2)c1. The summed E-state index contributed by atoms with van der Waals surface area (Å²) in [7, 11) is 0. The fourth-order valence-electron chi connectivity index (χ4n) is 7.22. The Kier molecular flexibility index (Phi) is 5.81. The van der Waals surface area contributed by atoms with Gasteiger partial charge in [0, 0.05) is 39.3 Å². The largest absolute Gasteiger partial charge is 0.507 e. The van der Waals surface area contributed by atoms with Gasteiger partial charge in [-0.25, -0.2) is 4.98 Å². The molecule has 0 saturated heterocycles. The highest BCUT2D eigenvalue weighted by atomic mass is 16.3. The molecule has 0 atom stereocenters. The third kappa shape index (κ3) is 7.29. The van der Waals surface area contributed by atoms with Gasteiger partial charge in [0.2, 0.25) is 0 Å². The molecule has 2 heterocycles. The summed E-state index contributed by atoms with van der Waals surface area (Å²) in [6.07, 6.45) is 1.40. The number of hydrogen-bond acceptors (Lipinski definition) is 3. The third-order valence-electron chi connectivity index (χ3n) is 10.1. The van der Waals surface area contributed by atoms with Gasteiger partial charge < -0.3 is 5.11 Å². The maximum atomic E-state index is 11.8. The van der Waals surface area contributed by atoms with Crippen LogP contribution in [0.25, 0.3) is 72.7 Å². The number of nitrogens with zero attached hydrogens (tertiary/aromatic N) is 3. The Morgan fingerprint density at radius 3 is 2.11 bits per heavy atom. The summed E-state index contributed by atoms with van der Waals surface area (Å²) >= 11 is 0. The summed E-state index contributed by atoms with van der Waals surface area (Å²) in [5.41, 5.74) is 2.71. The van der Waals surface area contributed by atoms with E-state index in [2.05, 4.69) is 4.98 Å². The van der Waals surface area contributed by atoms with Crippen molar-refractivity contribution in [3.05, 3.63) is 167 Å². The molecular formula is C53H51N3O. The van der Waals surface area contributed by atoms with E-state index < -0.39 is 68.0 Å². The number of hydrogen-bond donors (Lipinski definition) is 1. The van der Waals surface area contributed by atoms with Crippen molar-refractivity contribution < 1.29 is 27.0 Å². The lowest BCUT2D eigenvalue weighted by Gasteiger charge is -2.22. The number of phenols is 1. The average molecular weight is 762 g/mol. The lowest BCUT2D eigenvalue weighted by atomic mass is 9.83. The van der Waals surface area contributed by atoms with Crippen molar-refractivity contribution in [1.82, 2.24) is 14.5 Å². The van der Waals surface area contributed by atoms with Gasteiger partial charge in [0.05, 0.1) is 33.5 Å². The summed E-state index contributed by atoms with van der Waals surface area (Å²) in [5, 5.41) is 11.8. The van der Waals surface area contributed by atoms with Crippen molar-refractivity contribution >= 4 is 11.0 Å². The van der Waals surface area contributed by atoms with Crippen molar-refractivity contribution in [2.24, 2.45) is 0 Å². The summed E-state index contributed by atoms with van der Waals surface area (Å²) in [6, 6.07) is 28.8. The molecule has 0 radical (unpaired) electrons. The van der Waals surface area contributed by atoms with E-state index in [1.54, 1.807) is 18.2 Å². The normalized spacial score (nSPS) is 17.0. The second kappa shape index (κ2) is 14.4. The molecule has 0 aliphatic heterocycles. The summed E-state index contributed by atoms with van der Waals surface area (Å²) < 4.78 is 137. The quantitative estimate of drug-likeness (QED) is 0.184. The van der Waals surface area contributed by atoms with E-state index in [0.717, 1.165) is 16.7 Å². The lowest BCUT2D eigenvalue weighted by Crippen LogP contribution is -2.11. The van der Waals surface area contributed by atoms with E-state index in [0.29, 0.717) is 61.6 Å². The van der Waals surface area contributed by atoms with Crippen LogP contribution in [0.2, 0.25) is 0 Å². The van der Waals surface area contributed by atoms with Crippen LogP contribution in [0.15, 0.2) is 140 Å². The molecule has 4 heteroatoms. The number of imidazole rings is 1. The van der Waals surface area contributed by atoms with Crippen LogP contribution in [0.4, 0.5) is 0 Å². The van der Waals surface area contributed by atoms with Crippen LogP contribution in [0.3, 0.4) is 0 Å². The molecule has 0 bridgehead atoms. The second-order valence-corrected chi connectivity index (χ2v) is 15.5. The molecule has 0 saturated carbocycles. The Morgan fingerprint density at radius 1 is 0.614 bits per heavy atom. The molecular weight excluding hydrogens is 695 g/mol. The zero-order valence-electron chi connectivity index (χ0n) is 48.3. The summed E-state index contributed by atoms with van der Waals surface area (Å²) in [5.74, 6) is 0.418. The van der Waals surface area contributed by atoms with Gasteiger partial charge in [-0.15, -0.1) is 0 Å². The molecule has 4 nitrogen and oxygen atoms in total. The maximum absolute atomic E-state index is 11.8. The second-order valence-electron chi connectivity index (χ2n) is 15.5. The molecule has 6 aromatic carbocycles. The highest BCUT2D eigenvalue weighted by molar-refractivity contribution is 5.98. The van der Waals surface area contributed by atoms with Gasteiger partial charge in [0.25, 0.3) is 0 Å². The van der Waals surface area contributed by atoms with Gasteiger partial charge in [-0.1, -0.05) is 132 Å². The number of benzene rings is 6. The maximum Gasteiger partial charge on any atom is 0.149 e. The zero-order chi connectivity index (χ0) is 53.7. The van der Waals surface area contributed by atoms with Gasteiger partial charge in [-0.3, -0.25) is 9.55 Å².